The van der Waals surface area contributed by atoms with Crippen LogP contribution in [0.25, 0.3) is 0 Å². The number of ether oxygens (including phenoxy) is 1. The predicted octanol–water partition coefficient (Wildman–Crippen LogP) is -0.920. The Bertz CT molecular complexity index is 888. The van der Waals surface area contributed by atoms with Crippen LogP contribution < -0.4 is 11.1 Å². The SMILES string of the molecule is COCC1=C(C(=O)O)N2C(=O)[C@@H](NC(=O)/C(=N/OC)c3csc(N)n3)[C@H]2SC1.[Na]. The van der Waals surface area contributed by atoms with Crippen molar-refractivity contribution in [3.05, 3.63) is 22.3 Å². The second kappa shape index (κ2) is 9.91. The first-order valence-corrected chi connectivity index (χ1v) is 9.84. The van der Waals surface area contributed by atoms with Crippen LogP contribution in [0.5, 0.6) is 0 Å². The van der Waals surface area contributed by atoms with Crippen LogP contribution in [0.3, 0.4) is 0 Å². The number of nitrogens with two attached hydrogens (primary N) is 1. The molecule has 1 saturated heterocycles. The fourth-order valence-electron chi connectivity index (χ4n) is 2.87. The summed E-state index contributed by atoms with van der Waals surface area (Å²) >= 11 is 2.47. The number of carboxylic acid groups (broad SMARTS) is 1. The number of hydrogen-bond acceptors (Lipinski definition) is 10. The minimum atomic E-state index is -1.21. The molecule has 2 aliphatic heterocycles. The van der Waals surface area contributed by atoms with Crippen molar-refractivity contribution < 1.29 is 29.1 Å². The van der Waals surface area contributed by atoms with Crippen LogP contribution in [0.4, 0.5) is 5.13 Å². The summed E-state index contributed by atoms with van der Waals surface area (Å²) in [7, 11) is 2.73. The predicted molar refractivity (Wildman–Crippen MR) is 107 cm³/mol. The van der Waals surface area contributed by atoms with E-state index in [1.807, 2.05) is 0 Å². The molecule has 4 N–H and O–H groups in total. The number of thioether (sulfide) groups is 1. The third-order valence-electron chi connectivity index (χ3n) is 4.02. The van der Waals surface area contributed by atoms with E-state index in [-0.39, 0.29) is 58.4 Å². The van der Waals surface area contributed by atoms with Gasteiger partial charge in [-0.25, -0.2) is 9.78 Å². The van der Waals surface area contributed by atoms with Crippen LogP contribution in [-0.4, -0.2) is 106 Å². The summed E-state index contributed by atoms with van der Waals surface area (Å²) in [6.45, 7) is 0.109. The third-order valence-corrected chi connectivity index (χ3v) is 6.03. The number of carbonyl (C=O) groups is 3. The number of nitrogens with zero attached hydrogens (tertiary/aromatic N) is 3. The second-order valence-electron chi connectivity index (χ2n) is 5.74. The molecule has 0 unspecified atom stereocenters. The van der Waals surface area contributed by atoms with Crippen LogP contribution in [0.2, 0.25) is 0 Å². The number of aliphatic carboxylic acids is 1. The number of hydrogen-bond donors (Lipinski definition) is 3. The second-order valence-corrected chi connectivity index (χ2v) is 7.74. The van der Waals surface area contributed by atoms with Crippen molar-refractivity contribution in [3.63, 3.8) is 0 Å². The molecule has 0 bridgehead atoms. The Morgan fingerprint density at radius 2 is 2.21 bits per heavy atom. The third kappa shape index (κ3) is 4.59. The molecule has 2 amide bonds. The summed E-state index contributed by atoms with van der Waals surface area (Å²) in [5, 5.41) is 17.0. The van der Waals surface area contributed by atoms with Gasteiger partial charge >= 0.3 is 5.97 Å². The molecule has 11 nitrogen and oxygen atoms in total. The minimum Gasteiger partial charge on any atom is -0.477 e. The molecule has 3 rings (SSSR count). The summed E-state index contributed by atoms with van der Waals surface area (Å²) in [6.07, 6.45) is 0. The first kappa shape index (κ1) is 23.6. The fraction of sp³-hybridized carbons (Fsp3) is 0.400. The van der Waals surface area contributed by atoms with Crippen molar-refractivity contribution in [3.8, 4) is 0 Å². The van der Waals surface area contributed by atoms with Crippen molar-refractivity contribution in [1.82, 2.24) is 15.2 Å². The average molecular weight is 450 g/mol. The molecule has 29 heavy (non-hydrogen) atoms. The van der Waals surface area contributed by atoms with Gasteiger partial charge in [0.1, 0.15) is 29.9 Å². The molecule has 3 heterocycles. The topological polar surface area (TPSA) is 156 Å². The average Bonchev–Trinajstić information content (AvgIpc) is 3.09. The molecular weight excluding hydrogens is 433 g/mol. The Balaban J connectivity index is 0.00000300. The zero-order valence-corrected chi connectivity index (χ0v) is 19.5. The van der Waals surface area contributed by atoms with Crippen molar-refractivity contribution in [1.29, 1.82) is 0 Å². The number of oxime groups is 1. The van der Waals surface area contributed by atoms with E-state index in [2.05, 4.69) is 15.5 Å². The maximum Gasteiger partial charge on any atom is 0.352 e. The van der Waals surface area contributed by atoms with E-state index in [1.165, 1.54) is 30.9 Å². The summed E-state index contributed by atoms with van der Waals surface area (Å²) in [6, 6.07) is -0.894. The molecule has 0 aromatic carbocycles. The Morgan fingerprint density at radius 1 is 1.48 bits per heavy atom. The van der Waals surface area contributed by atoms with E-state index < -0.39 is 29.2 Å². The van der Waals surface area contributed by atoms with Crippen LogP contribution in [0.15, 0.2) is 21.8 Å². The van der Waals surface area contributed by atoms with Gasteiger partial charge in [-0.05, 0) is 5.57 Å². The van der Waals surface area contributed by atoms with Crippen LogP contribution >= 0.6 is 23.1 Å². The van der Waals surface area contributed by atoms with E-state index in [0.29, 0.717) is 11.3 Å². The van der Waals surface area contributed by atoms with Gasteiger partial charge in [0.2, 0.25) is 0 Å². The molecule has 1 aromatic heterocycles. The monoisotopic (exact) mass is 450 g/mol. The largest absolute Gasteiger partial charge is 0.477 e. The first-order valence-electron chi connectivity index (χ1n) is 7.91. The zero-order valence-electron chi connectivity index (χ0n) is 15.9. The number of nitrogens with one attached hydrogen (secondary N) is 1. The van der Waals surface area contributed by atoms with E-state index in [0.717, 1.165) is 11.3 Å². The fourth-order valence-corrected chi connectivity index (χ4v) is 4.75. The smallest absolute Gasteiger partial charge is 0.352 e. The zero-order chi connectivity index (χ0) is 20.4. The molecule has 1 fully saturated rings. The van der Waals surface area contributed by atoms with Crippen LogP contribution in [-0.2, 0) is 24.0 Å². The quantitative estimate of drug-likeness (QED) is 0.207. The molecule has 1 aromatic rings. The summed E-state index contributed by atoms with van der Waals surface area (Å²) in [5.74, 6) is -2.03. The van der Waals surface area contributed by atoms with E-state index >= 15 is 0 Å². The number of thiazole rings is 1. The number of methoxy groups -OCH3 is 1. The maximum atomic E-state index is 12.6. The van der Waals surface area contributed by atoms with Crippen LogP contribution in [0, 0.1) is 0 Å². The molecule has 0 aliphatic carbocycles. The van der Waals surface area contributed by atoms with Gasteiger partial charge in [0, 0.05) is 47.8 Å². The molecule has 2 atom stereocenters. The van der Waals surface area contributed by atoms with Gasteiger partial charge in [-0.2, -0.15) is 0 Å². The molecule has 14 heteroatoms. The van der Waals surface area contributed by atoms with Gasteiger partial charge in [0.15, 0.2) is 10.8 Å². The van der Waals surface area contributed by atoms with Gasteiger partial charge in [0.05, 0.1) is 6.61 Å². The molecule has 0 spiro atoms. The Labute approximate surface area is 196 Å². The summed E-state index contributed by atoms with van der Waals surface area (Å²) in [5.41, 5.74) is 6.09. The first-order chi connectivity index (χ1) is 13.4. The number of carbonyl (C=O) groups excluding carboxylic acids is 2. The molecule has 1 radical (unpaired) electrons. The Hall–Kier alpha value is -1.64. The van der Waals surface area contributed by atoms with Crippen molar-refractivity contribution >= 4 is 81.3 Å². The molecule has 2 aliphatic rings. The molecule has 0 saturated carbocycles. The van der Waals surface area contributed by atoms with Crippen molar-refractivity contribution in [2.24, 2.45) is 5.16 Å². The van der Waals surface area contributed by atoms with Crippen molar-refractivity contribution in [2.75, 3.05) is 32.3 Å². The number of aromatic nitrogens is 1. The minimum absolute atomic E-state index is 0. The number of anilines is 1. The molecule has 151 valence electrons. The number of nitrogen functional groups attached to an aromatic ring is 1. The number of fused-ring (bicyclic) bond motifs is 1. The maximum absolute atomic E-state index is 12.6. The van der Waals surface area contributed by atoms with Crippen LogP contribution in [0.1, 0.15) is 5.69 Å². The standard InChI is InChI=1S/C15H17N5O6S2.Na/c1-25-3-6-4-27-13-9(12(22)20(13)10(6)14(23)24)18-11(21)8(19-26-2)7-5-28-15(16)17-7;/h5,9,13H,3-4H2,1-2H3,(H2,16,17)(H,18,21)(H,23,24);/b19-8+;/t9-,13-;/m1./s1. The van der Waals surface area contributed by atoms with E-state index in [4.69, 9.17) is 15.3 Å². The van der Waals surface area contributed by atoms with Gasteiger partial charge in [-0.3, -0.25) is 14.5 Å². The Kier molecular flexibility index (Phi) is 8.08. The van der Waals surface area contributed by atoms with Gasteiger partial charge in [-0.1, -0.05) is 5.16 Å². The van der Waals surface area contributed by atoms with Gasteiger partial charge in [0.25, 0.3) is 11.8 Å². The normalized spacial score (nSPS) is 21.1. The van der Waals surface area contributed by atoms with E-state index in [9.17, 15) is 19.5 Å². The summed E-state index contributed by atoms with van der Waals surface area (Å²) < 4.78 is 5.02. The number of β-lactam (4-membered cyclic amide) rings is 1. The summed E-state index contributed by atoms with van der Waals surface area (Å²) in [4.78, 5) is 46.7. The van der Waals surface area contributed by atoms with E-state index in [1.54, 1.807) is 5.38 Å². The van der Waals surface area contributed by atoms with Crippen molar-refractivity contribution in [2.45, 2.75) is 11.4 Å². The van der Waals surface area contributed by atoms with Gasteiger partial charge in [-0.15, -0.1) is 23.1 Å². The van der Waals surface area contributed by atoms with Gasteiger partial charge < -0.3 is 25.7 Å². The molecular formula is C15H17N5NaO6S2. The number of amides is 2. The number of carboxylic acids is 1. The number of rotatable bonds is 7. The Morgan fingerprint density at radius 3 is 2.76 bits per heavy atom.